The molecule has 0 radical (unpaired) electrons. The van der Waals surface area contributed by atoms with Gasteiger partial charge in [0.2, 0.25) is 0 Å². The zero-order valence-corrected chi connectivity index (χ0v) is 13.9. The molecule has 0 aliphatic heterocycles. The normalized spacial score (nSPS) is 16.2. The largest absolute Gasteiger partial charge is 0.383 e. The van der Waals surface area contributed by atoms with E-state index >= 15 is 0 Å². The first-order valence-electron chi connectivity index (χ1n) is 8.56. The monoisotopic (exact) mass is 352 g/mol. The Labute approximate surface area is 147 Å². The quantitative estimate of drug-likeness (QED) is 0.526. The third-order valence-electron chi connectivity index (χ3n) is 5.20. The maximum atomic E-state index is 13.7. The number of aromatic amines is 1. The number of nitrogens with one attached hydrogen (secondary N) is 1. The van der Waals surface area contributed by atoms with E-state index in [0.717, 1.165) is 24.8 Å². The summed E-state index contributed by atoms with van der Waals surface area (Å²) in [6, 6.07) is 4.67. The molecule has 0 saturated heterocycles. The Morgan fingerprint density at radius 1 is 1.31 bits per heavy atom. The number of H-pyrrole nitrogens is 1. The number of aliphatic hydroxyl groups excluding tert-OH is 1. The number of benzene rings is 1. The second-order valence-electron chi connectivity index (χ2n) is 6.71. The summed E-state index contributed by atoms with van der Waals surface area (Å²) in [5.41, 5.74) is 8.39. The van der Waals surface area contributed by atoms with Crippen molar-refractivity contribution in [3.05, 3.63) is 47.8 Å². The molecule has 4 N–H and O–H groups in total. The van der Waals surface area contributed by atoms with Crippen LogP contribution in [0, 0.1) is 5.82 Å². The zero-order valence-electron chi connectivity index (χ0n) is 13.9. The first-order valence-corrected chi connectivity index (χ1v) is 8.56. The molecule has 3 heterocycles. The van der Waals surface area contributed by atoms with Gasteiger partial charge in [0.1, 0.15) is 29.8 Å². The fraction of sp³-hybridized carbons (Fsp3) is 0.278. The van der Waals surface area contributed by atoms with E-state index in [-0.39, 0.29) is 17.7 Å². The number of aromatic nitrogens is 5. The zero-order chi connectivity index (χ0) is 17.8. The van der Waals surface area contributed by atoms with E-state index in [1.54, 1.807) is 12.3 Å². The van der Waals surface area contributed by atoms with E-state index in [2.05, 4.69) is 20.1 Å². The molecule has 4 aromatic rings. The van der Waals surface area contributed by atoms with Crippen LogP contribution in [0.15, 0.2) is 30.7 Å². The Morgan fingerprint density at radius 3 is 2.92 bits per heavy atom. The summed E-state index contributed by atoms with van der Waals surface area (Å²) < 4.78 is 15.5. The summed E-state index contributed by atoms with van der Waals surface area (Å²) in [7, 11) is 0. The second-order valence-corrected chi connectivity index (χ2v) is 6.71. The number of aliphatic hydroxyl groups is 1. The molecule has 3 aromatic heterocycles. The molecule has 0 bridgehead atoms. The average Bonchev–Trinajstić information content (AvgIpc) is 3.15. The predicted molar refractivity (Wildman–Crippen MR) is 94.9 cm³/mol. The van der Waals surface area contributed by atoms with E-state index in [0.29, 0.717) is 27.7 Å². The minimum absolute atomic E-state index is 0.258. The Morgan fingerprint density at radius 2 is 2.15 bits per heavy atom. The van der Waals surface area contributed by atoms with Crippen LogP contribution in [-0.4, -0.2) is 29.8 Å². The van der Waals surface area contributed by atoms with Gasteiger partial charge in [0, 0.05) is 22.7 Å². The van der Waals surface area contributed by atoms with Crippen molar-refractivity contribution >= 4 is 27.8 Å². The molecule has 5 rings (SSSR count). The molecule has 26 heavy (non-hydrogen) atoms. The number of rotatable bonds is 3. The van der Waals surface area contributed by atoms with E-state index in [1.165, 1.54) is 18.5 Å². The number of halogens is 1. The molecule has 0 spiro atoms. The van der Waals surface area contributed by atoms with Crippen molar-refractivity contribution in [3.63, 3.8) is 0 Å². The maximum absolute atomic E-state index is 13.7. The number of nitrogen functional groups attached to an aromatic ring is 1. The third-order valence-corrected chi connectivity index (χ3v) is 5.20. The van der Waals surface area contributed by atoms with E-state index in [4.69, 9.17) is 5.73 Å². The SMILES string of the molecule is Nc1ncnc2c1c(C(O)c1c[nH]c3ccc(F)cc13)nn2C1CCC1. The van der Waals surface area contributed by atoms with Crippen LogP contribution < -0.4 is 5.73 Å². The number of nitrogens with two attached hydrogens (primary N) is 1. The summed E-state index contributed by atoms with van der Waals surface area (Å²) in [5.74, 6) is -0.0844. The van der Waals surface area contributed by atoms with Gasteiger partial charge >= 0.3 is 0 Å². The highest BCUT2D eigenvalue weighted by molar-refractivity contribution is 5.90. The lowest BCUT2D eigenvalue weighted by Gasteiger charge is -2.25. The van der Waals surface area contributed by atoms with Gasteiger partial charge in [-0.2, -0.15) is 5.10 Å². The maximum Gasteiger partial charge on any atom is 0.163 e. The number of fused-ring (bicyclic) bond motifs is 2. The van der Waals surface area contributed by atoms with Crippen molar-refractivity contribution in [2.75, 3.05) is 5.73 Å². The lowest BCUT2D eigenvalue weighted by atomic mass is 9.93. The minimum atomic E-state index is -1.07. The number of nitrogens with zero attached hydrogens (tertiary/aromatic N) is 4. The summed E-state index contributed by atoms with van der Waals surface area (Å²) in [6.45, 7) is 0. The molecule has 1 unspecified atom stereocenters. The molecular weight excluding hydrogens is 335 g/mol. The highest BCUT2D eigenvalue weighted by Gasteiger charge is 2.29. The number of hydrogen-bond acceptors (Lipinski definition) is 5. The second kappa shape index (κ2) is 5.50. The van der Waals surface area contributed by atoms with Gasteiger partial charge in [-0.15, -0.1) is 0 Å². The topological polar surface area (TPSA) is 106 Å². The van der Waals surface area contributed by atoms with Crippen LogP contribution in [-0.2, 0) is 0 Å². The summed E-state index contributed by atoms with van der Waals surface area (Å²) in [6.07, 6.45) is 5.20. The Kier molecular flexibility index (Phi) is 3.23. The van der Waals surface area contributed by atoms with Crippen LogP contribution >= 0.6 is 0 Å². The minimum Gasteiger partial charge on any atom is -0.383 e. The van der Waals surface area contributed by atoms with Gasteiger partial charge in [-0.25, -0.2) is 19.0 Å². The molecular formula is C18H17FN6O. The fourth-order valence-electron chi connectivity index (χ4n) is 3.59. The lowest BCUT2D eigenvalue weighted by Crippen LogP contribution is -2.19. The van der Waals surface area contributed by atoms with Crippen LogP contribution in [0.1, 0.15) is 42.7 Å². The standard InChI is InChI=1S/C18H17FN6O/c19-9-4-5-13-11(6-9)12(7-21-13)16(26)15-14-17(20)22-8-23-18(14)25(24-15)10-2-1-3-10/h4-8,10,16,21,26H,1-3H2,(H2,20,22,23). The molecule has 1 atom stereocenters. The number of anilines is 1. The molecule has 0 amide bonds. The molecule has 1 fully saturated rings. The molecule has 132 valence electrons. The van der Waals surface area contributed by atoms with E-state index in [1.807, 2.05) is 4.68 Å². The Balaban J connectivity index is 1.71. The van der Waals surface area contributed by atoms with Crippen molar-refractivity contribution in [2.24, 2.45) is 0 Å². The smallest absolute Gasteiger partial charge is 0.163 e. The van der Waals surface area contributed by atoms with Crippen LogP contribution in [0.2, 0.25) is 0 Å². The van der Waals surface area contributed by atoms with Gasteiger partial charge < -0.3 is 15.8 Å². The molecule has 1 aliphatic carbocycles. The van der Waals surface area contributed by atoms with Gasteiger partial charge in [-0.1, -0.05) is 0 Å². The highest BCUT2D eigenvalue weighted by atomic mass is 19.1. The first-order chi connectivity index (χ1) is 12.6. The molecule has 1 aromatic carbocycles. The van der Waals surface area contributed by atoms with Crippen molar-refractivity contribution in [3.8, 4) is 0 Å². The fourth-order valence-corrected chi connectivity index (χ4v) is 3.59. The number of hydrogen-bond donors (Lipinski definition) is 3. The highest BCUT2D eigenvalue weighted by Crippen LogP contribution is 2.38. The van der Waals surface area contributed by atoms with Gasteiger partial charge in [0.05, 0.1) is 11.4 Å². The predicted octanol–water partition coefficient (Wildman–Crippen LogP) is 2.84. The Hall–Kier alpha value is -3.00. The van der Waals surface area contributed by atoms with Crippen molar-refractivity contribution in [1.82, 2.24) is 24.7 Å². The molecule has 1 aliphatic rings. The van der Waals surface area contributed by atoms with Crippen LogP contribution in [0.5, 0.6) is 0 Å². The summed E-state index contributed by atoms with van der Waals surface area (Å²) >= 11 is 0. The first kappa shape index (κ1) is 15.3. The lowest BCUT2D eigenvalue weighted by molar-refractivity contribution is 0.213. The van der Waals surface area contributed by atoms with E-state index in [9.17, 15) is 9.50 Å². The average molecular weight is 352 g/mol. The van der Waals surface area contributed by atoms with Gasteiger partial charge in [0.25, 0.3) is 0 Å². The van der Waals surface area contributed by atoms with Crippen LogP contribution in [0.25, 0.3) is 21.9 Å². The molecule has 1 saturated carbocycles. The van der Waals surface area contributed by atoms with Gasteiger partial charge in [0.15, 0.2) is 5.65 Å². The summed E-state index contributed by atoms with van der Waals surface area (Å²) in [4.78, 5) is 11.5. The van der Waals surface area contributed by atoms with Crippen molar-refractivity contribution in [2.45, 2.75) is 31.4 Å². The van der Waals surface area contributed by atoms with Gasteiger partial charge in [-0.3, -0.25) is 0 Å². The molecule has 8 heteroatoms. The summed E-state index contributed by atoms with van der Waals surface area (Å²) in [5, 5.41) is 16.8. The van der Waals surface area contributed by atoms with E-state index < -0.39 is 6.10 Å². The van der Waals surface area contributed by atoms with Crippen LogP contribution in [0.3, 0.4) is 0 Å². The van der Waals surface area contributed by atoms with Gasteiger partial charge in [-0.05, 0) is 37.5 Å². The molecule has 7 nitrogen and oxygen atoms in total. The Bertz CT molecular complexity index is 1130. The third kappa shape index (κ3) is 2.12. The van der Waals surface area contributed by atoms with Crippen LogP contribution in [0.4, 0.5) is 10.2 Å². The van der Waals surface area contributed by atoms with Crippen molar-refractivity contribution in [1.29, 1.82) is 0 Å². The van der Waals surface area contributed by atoms with Crippen molar-refractivity contribution < 1.29 is 9.50 Å².